The Bertz CT molecular complexity index is 71.3. The van der Waals surface area contributed by atoms with Gasteiger partial charge < -0.3 is 9.47 Å². The molecule has 0 aromatic carbocycles. The van der Waals surface area contributed by atoms with Gasteiger partial charge in [0.05, 0.1) is 6.26 Å². The SMILES string of the molecule is C=COC(CC)OCC. The van der Waals surface area contributed by atoms with Gasteiger partial charge in [-0.2, -0.15) is 0 Å². The first-order chi connectivity index (χ1) is 4.35. The maximum atomic E-state index is 5.14. The summed E-state index contributed by atoms with van der Waals surface area (Å²) in [5.41, 5.74) is 0. The topological polar surface area (TPSA) is 18.5 Å². The van der Waals surface area contributed by atoms with Crippen molar-refractivity contribution in [3.63, 3.8) is 0 Å². The fraction of sp³-hybridized carbons (Fsp3) is 0.714. The van der Waals surface area contributed by atoms with Gasteiger partial charge in [-0.15, -0.1) is 0 Å². The lowest BCUT2D eigenvalue weighted by Gasteiger charge is -2.12. The van der Waals surface area contributed by atoms with E-state index in [1.807, 2.05) is 13.8 Å². The second-order valence-electron chi connectivity index (χ2n) is 1.60. The summed E-state index contributed by atoms with van der Waals surface area (Å²) in [6, 6.07) is 0. The molecule has 54 valence electrons. The minimum Gasteiger partial charge on any atom is -0.473 e. The number of ether oxygens (including phenoxy) is 2. The van der Waals surface area contributed by atoms with E-state index in [1.165, 1.54) is 6.26 Å². The zero-order valence-electron chi connectivity index (χ0n) is 6.09. The molecule has 0 saturated carbocycles. The maximum Gasteiger partial charge on any atom is 0.198 e. The Labute approximate surface area is 56.5 Å². The van der Waals surface area contributed by atoms with Gasteiger partial charge in [-0.3, -0.25) is 0 Å². The van der Waals surface area contributed by atoms with Crippen molar-refractivity contribution < 1.29 is 9.47 Å². The Morgan fingerprint density at radius 2 is 2.22 bits per heavy atom. The molecule has 0 aromatic rings. The number of rotatable bonds is 5. The van der Waals surface area contributed by atoms with Crippen LogP contribution in [0.25, 0.3) is 0 Å². The highest BCUT2D eigenvalue weighted by molar-refractivity contribution is 4.51. The lowest BCUT2D eigenvalue weighted by atomic mass is 10.5. The molecule has 1 unspecified atom stereocenters. The summed E-state index contributed by atoms with van der Waals surface area (Å²) < 4.78 is 10.1. The third kappa shape index (κ3) is 4.03. The molecule has 0 rings (SSSR count). The molecule has 0 heterocycles. The van der Waals surface area contributed by atoms with Gasteiger partial charge in [0.15, 0.2) is 6.29 Å². The van der Waals surface area contributed by atoms with E-state index in [1.54, 1.807) is 0 Å². The van der Waals surface area contributed by atoms with Crippen LogP contribution in [-0.4, -0.2) is 12.9 Å². The van der Waals surface area contributed by atoms with Crippen molar-refractivity contribution in [3.05, 3.63) is 12.8 Å². The summed E-state index contributed by atoms with van der Waals surface area (Å²) in [6.07, 6.45) is 2.16. The van der Waals surface area contributed by atoms with E-state index in [0.29, 0.717) is 6.61 Å². The monoisotopic (exact) mass is 130 g/mol. The molecule has 1 atom stereocenters. The van der Waals surface area contributed by atoms with Crippen LogP contribution in [0.4, 0.5) is 0 Å². The van der Waals surface area contributed by atoms with Crippen molar-refractivity contribution >= 4 is 0 Å². The summed E-state index contributed by atoms with van der Waals surface area (Å²) in [6.45, 7) is 8.06. The first kappa shape index (κ1) is 8.50. The van der Waals surface area contributed by atoms with Crippen molar-refractivity contribution in [2.45, 2.75) is 26.6 Å². The molecule has 0 saturated heterocycles. The van der Waals surface area contributed by atoms with Gasteiger partial charge >= 0.3 is 0 Å². The van der Waals surface area contributed by atoms with E-state index in [-0.39, 0.29) is 6.29 Å². The molecule has 9 heavy (non-hydrogen) atoms. The van der Waals surface area contributed by atoms with Crippen molar-refractivity contribution in [3.8, 4) is 0 Å². The maximum absolute atomic E-state index is 5.14. The zero-order chi connectivity index (χ0) is 7.11. The average Bonchev–Trinajstić information content (AvgIpc) is 1.88. The number of hydrogen-bond acceptors (Lipinski definition) is 2. The van der Waals surface area contributed by atoms with Crippen LogP contribution in [-0.2, 0) is 9.47 Å². The van der Waals surface area contributed by atoms with Crippen LogP contribution in [0.2, 0.25) is 0 Å². The predicted octanol–water partition coefficient (Wildman–Crippen LogP) is 1.92. The average molecular weight is 130 g/mol. The normalized spacial score (nSPS) is 12.7. The van der Waals surface area contributed by atoms with Crippen LogP contribution >= 0.6 is 0 Å². The van der Waals surface area contributed by atoms with Gasteiger partial charge in [0.2, 0.25) is 0 Å². The highest BCUT2D eigenvalue weighted by Crippen LogP contribution is 1.98. The van der Waals surface area contributed by atoms with Gasteiger partial charge in [-0.1, -0.05) is 13.5 Å². The molecule has 0 aliphatic heterocycles. The summed E-state index contributed by atoms with van der Waals surface area (Å²) >= 11 is 0. The molecule has 0 spiro atoms. The van der Waals surface area contributed by atoms with Crippen LogP contribution in [0.3, 0.4) is 0 Å². The molecular weight excluding hydrogens is 116 g/mol. The van der Waals surface area contributed by atoms with Gasteiger partial charge in [0.25, 0.3) is 0 Å². The van der Waals surface area contributed by atoms with Crippen LogP contribution < -0.4 is 0 Å². The van der Waals surface area contributed by atoms with Gasteiger partial charge in [0.1, 0.15) is 0 Å². The third-order valence-electron chi connectivity index (χ3n) is 0.934. The lowest BCUT2D eigenvalue weighted by molar-refractivity contribution is -0.103. The molecule has 0 N–H and O–H groups in total. The van der Waals surface area contributed by atoms with Crippen molar-refractivity contribution in [2.24, 2.45) is 0 Å². The predicted molar refractivity (Wildman–Crippen MR) is 37.0 cm³/mol. The first-order valence-corrected chi connectivity index (χ1v) is 3.23. The molecule has 2 heteroatoms. The molecule has 0 aromatic heterocycles. The smallest absolute Gasteiger partial charge is 0.198 e. The second-order valence-corrected chi connectivity index (χ2v) is 1.60. The fourth-order valence-electron chi connectivity index (χ4n) is 0.547. The quantitative estimate of drug-likeness (QED) is 0.418. The fourth-order valence-corrected chi connectivity index (χ4v) is 0.547. The van der Waals surface area contributed by atoms with Gasteiger partial charge in [-0.05, 0) is 6.92 Å². The van der Waals surface area contributed by atoms with Crippen molar-refractivity contribution in [2.75, 3.05) is 6.61 Å². The van der Waals surface area contributed by atoms with Crippen LogP contribution in [0.1, 0.15) is 20.3 Å². The molecule has 0 radical (unpaired) electrons. The minimum absolute atomic E-state index is 0.104. The van der Waals surface area contributed by atoms with E-state index in [0.717, 1.165) is 6.42 Å². The van der Waals surface area contributed by atoms with Crippen LogP contribution in [0.5, 0.6) is 0 Å². The Morgan fingerprint density at radius 3 is 2.56 bits per heavy atom. The third-order valence-corrected chi connectivity index (χ3v) is 0.934. The number of hydrogen-bond donors (Lipinski definition) is 0. The molecule has 2 nitrogen and oxygen atoms in total. The zero-order valence-corrected chi connectivity index (χ0v) is 6.09. The summed E-state index contributed by atoms with van der Waals surface area (Å²) in [7, 11) is 0. The Morgan fingerprint density at radius 1 is 1.56 bits per heavy atom. The van der Waals surface area contributed by atoms with Gasteiger partial charge in [-0.25, -0.2) is 0 Å². The van der Waals surface area contributed by atoms with E-state index in [9.17, 15) is 0 Å². The molecule has 0 aliphatic rings. The van der Waals surface area contributed by atoms with Crippen molar-refractivity contribution in [1.82, 2.24) is 0 Å². The standard InChI is InChI=1S/C7H14O2/c1-4-7(8-5-2)9-6-3/h5,7H,2,4,6H2,1,3H3. The van der Waals surface area contributed by atoms with E-state index in [2.05, 4.69) is 6.58 Å². The molecule has 0 bridgehead atoms. The van der Waals surface area contributed by atoms with Crippen LogP contribution in [0, 0.1) is 0 Å². The van der Waals surface area contributed by atoms with E-state index in [4.69, 9.17) is 9.47 Å². The first-order valence-electron chi connectivity index (χ1n) is 3.23. The highest BCUT2D eigenvalue weighted by Gasteiger charge is 2.00. The van der Waals surface area contributed by atoms with Gasteiger partial charge in [0, 0.05) is 13.0 Å². The minimum atomic E-state index is -0.104. The Kier molecular flexibility index (Phi) is 5.32. The molecule has 0 fully saturated rings. The summed E-state index contributed by atoms with van der Waals surface area (Å²) in [4.78, 5) is 0. The molecular formula is C7H14O2. The molecule has 0 amide bonds. The van der Waals surface area contributed by atoms with Crippen molar-refractivity contribution in [1.29, 1.82) is 0 Å². The second kappa shape index (κ2) is 5.63. The lowest BCUT2D eigenvalue weighted by Crippen LogP contribution is -2.12. The Hall–Kier alpha value is -0.500. The van der Waals surface area contributed by atoms with E-state index < -0.39 is 0 Å². The largest absolute Gasteiger partial charge is 0.473 e. The Balaban J connectivity index is 3.28. The molecule has 0 aliphatic carbocycles. The summed E-state index contributed by atoms with van der Waals surface area (Å²) in [5.74, 6) is 0. The highest BCUT2D eigenvalue weighted by atomic mass is 16.7. The summed E-state index contributed by atoms with van der Waals surface area (Å²) in [5, 5.41) is 0. The van der Waals surface area contributed by atoms with E-state index >= 15 is 0 Å². The van der Waals surface area contributed by atoms with Crippen LogP contribution in [0.15, 0.2) is 12.8 Å².